The molecule has 0 radical (unpaired) electrons. The van der Waals surface area contributed by atoms with Crippen LogP contribution in [0.5, 0.6) is 0 Å². The van der Waals surface area contributed by atoms with E-state index in [2.05, 4.69) is 15.1 Å². The molecule has 0 spiro atoms. The summed E-state index contributed by atoms with van der Waals surface area (Å²) >= 11 is 0. The fraction of sp³-hybridized carbons (Fsp3) is 0.429. The molecule has 0 saturated carbocycles. The highest BCUT2D eigenvalue weighted by atomic mass is 19.4. The van der Waals surface area contributed by atoms with Crippen LogP contribution in [0.2, 0.25) is 0 Å². The Morgan fingerprint density at radius 2 is 1.76 bits per heavy atom. The highest BCUT2D eigenvalue weighted by Gasteiger charge is 2.38. The van der Waals surface area contributed by atoms with E-state index in [9.17, 15) is 13.2 Å². The van der Waals surface area contributed by atoms with Crippen LogP contribution in [0.1, 0.15) is 17.2 Å². The molecule has 1 aromatic heterocycles. The summed E-state index contributed by atoms with van der Waals surface area (Å²) in [6, 6.07) is 9.91. The molecule has 0 amide bonds. The Morgan fingerprint density at radius 3 is 2.48 bits per heavy atom. The Labute approximate surface area is 120 Å². The van der Waals surface area contributed by atoms with Gasteiger partial charge in [-0.05, 0) is 5.56 Å². The van der Waals surface area contributed by atoms with Gasteiger partial charge in [0.1, 0.15) is 5.82 Å². The van der Waals surface area contributed by atoms with Gasteiger partial charge in [0.15, 0.2) is 0 Å². The van der Waals surface area contributed by atoms with Crippen LogP contribution in [0.4, 0.5) is 13.2 Å². The van der Waals surface area contributed by atoms with Crippen LogP contribution in [-0.2, 0) is 25.7 Å². The van der Waals surface area contributed by atoms with Crippen LogP contribution in [0.3, 0.4) is 0 Å². The normalized spacial score (nSPS) is 16.5. The van der Waals surface area contributed by atoms with Gasteiger partial charge < -0.3 is 4.57 Å². The number of rotatable bonds is 2. The zero-order chi connectivity index (χ0) is 14.9. The highest BCUT2D eigenvalue weighted by molar-refractivity contribution is 5.14. The summed E-state index contributed by atoms with van der Waals surface area (Å²) in [5.74, 6) is -0.475. The molecule has 0 unspecified atom stereocenters. The van der Waals surface area contributed by atoms with Crippen molar-refractivity contribution in [3.63, 3.8) is 0 Å². The number of nitrogens with zero attached hydrogens (tertiary/aromatic N) is 4. The van der Waals surface area contributed by atoms with Crippen LogP contribution in [0.25, 0.3) is 0 Å². The average Bonchev–Trinajstić information content (AvgIpc) is 2.77. The van der Waals surface area contributed by atoms with E-state index in [4.69, 9.17) is 0 Å². The first-order valence-electron chi connectivity index (χ1n) is 6.79. The lowest BCUT2D eigenvalue weighted by atomic mass is 10.2. The zero-order valence-electron chi connectivity index (χ0n) is 11.3. The molecule has 0 saturated heterocycles. The monoisotopic (exact) mass is 296 g/mol. The third-order valence-corrected chi connectivity index (χ3v) is 3.62. The summed E-state index contributed by atoms with van der Waals surface area (Å²) in [4.78, 5) is 2.14. The van der Waals surface area contributed by atoms with Gasteiger partial charge in [-0.3, -0.25) is 4.90 Å². The molecule has 7 heteroatoms. The van der Waals surface area contributed by atoms with E-state index >= 15 is 0 Å². The SMILES string of the molecule is FC(F)(F)c1nnc2n1CCN(Cc1ccccc1)CC2. The van der Waals surface area contributed by atoms with E-state index in [1.54, 1.807) is 0 Å². The minimum atomic E-state index is -4.44. The first-order chi connectivity index (χ1) is 10.0. The van der Waals surface area contributed by atoms with Crippen molar-refractivity contribution >= 4 is 0 Å². The van der Waals surface area contributed by atoms with Gasteiger partial charge in [0.2, 0.25) is 5.82 Å². The second-order valence-corrected chi connectivity index (χ2v) is 5.10. The van der Waals surface area contributed by atoms with Gasteiger partial charge in [-0.25, -0.2) is 0 Å². The number of benzene rings is 1. The number of halogens is 3. The van der Waals surface area contributed by atoms with E-state index < -0.39 is 12.0 Å². The molecular weight excluding hydrogens is 281 g/mol. The van der Waals surface area contributed by atoms with Crippen molar-refractivity contribution in [2.75, 3.05) is 13.1 Å². The van der Waals surface area contributed by atoms with Crippen molar-refractivity contribution < 1.29 is 13.2 Å². The Hall–Kier alpha value is -1.89. The highest BCUT2D eigenvalue weighted by Crippen LogP contribution is 2.28. The van der Waals surface area contributed by atoms with E-state index in [-0.39, 0.29) is 6.54 Å². The molecule has 112 valence electrons. The molecule has 2 aromatic rings. The second kappa shape index (κ2) is 5.48. The molecule has 0 atom stereocenters. The first-order valence-corrected chi connectivity index (χ1v) is 6.79. The van der Waals surface area contributed by atoms with Crippen LogP contribution >= 0.6 is 0 Å². The maximum Gasteiger partial charge on any atom is 0.451 e. The standard InChI is InChI=1S/C14H15F3N4/c15-14(16,17)13-19-18-12-6-7-20(8-9-21(12)13)10-11-4-2-1-3-5-11/h1-5H,6-10H2. The van der Waals surface area contributed by atoms with E-state index in [0.717, 1.165) is 12.1 Å². The van der Waals surface area contributed by atoms with Gasteiger partial charge in [-0.2, -0.15) is 13.2 Å². The number of aromatic nitrogens is 3. The number of hydrogen-bond donors (Lipinski definition) is 0. The van der Waals surface area contributed by atoms with E-state index in [1.807, 2.05) is 30.3 Å². The van der Waals surface area contributed by atoms with Crippen LogP contribution < -0.4 is 0 Å². The number of hydrogen-bond acceptors (Lipinski definition) is 3. The van der Waals surface area contributed by atoms with Crippen LogP contribution in [0.15, 0.2) is 30.3 Å². The van der Waals surface area contributed by atoms with Crippen molar-refractivity contribution in [1.82, 2.24) is 19.7 Å². The smallest absolute Gasteiger partial charge is 0.306 e. The van der Waals surface area contributed by atoms with Gasteiger partial charge in [0.05, 0.1) is 0 Å². The molecule has 2 heterocycles. The van der Waals surface area contributed by atoms with Crippen molar-refractivity contribution in [1.29, 1.82) is 0 Å². The molecule has 0 aliphatic carbocycles. The summed E-state index contributed by atoms with van der Waals surface area (Å²) in [6.45, 7) is 2.25. The largest absolute Gasteiger partial charge is 0.451 e. The third kappa shape index (κ3) is 3.07. The zero-order valence-corrected chi connectivity index (χ0v) is 11.3. The molecule has 1 aromatic carbocycles. The Kier molecular flexibility index (Phi) is 3.67. The maximum absolute atomic E-state index is 12.8. The quantitative estimate of drug-likeness (QED) is 0.853. The molecule has 3 rings (SSSR count). The second-order valence-electron chi connectivity index (χ2n) is 5.10. The molecule has 21 heavy (non-hydrogen) atoms. The fourth-order valence-corrected chi connectivity index (χ4v) is 2.58. The van der Waals surface area contributed by atoms with Crippen molar-refractivity contribution in [3.05, 3.63) is 47.5 Å². The number of fused-ring (bicyclic) bond motifs is 1. The minimum absolute atomic E-state index is 0.268. The van der Waals surface area contributed by atoms with Crippen LogP contribution in [-0.4, -0.2) is 32.8 Å². The Bertz CT molecular complexity index is 606. The third-order valence-electron chi connectivity index (χ3n) is 3.62. The maximum atomic E-state index is 12.8. The molecule has 0 fully saturated rings. The van der Waals surface area contributed by atoms with Gasteiger partial charge in [-0.1, -0.05) is 30.3 Å². The number of alkyl halides is 3. The summed E-state index contributed by atoms with van der Waals surface area (Å²) < 4.78 is 39.7. The molecule has 0 N–H and O–H groups in total. The lowest BCUT2D eigenvalue weighted by molar-refractivity contribution is -0.147. The first kappa shape index (κ1) is 14.1. The molecule has 4 nitrogen and oxygen atoms in total. The summed E-state index contributed by atoms with van der Waals surface area (Å²) in [6.07, 6.45) is -3.96. The van der Waals surface area contributed by atoms with Gasteiger partial charge in [-0.15, -0.1) is 10.2 Å². The molecule has 0 bridgehead atoms. The van der Waals surface area contributed by atoms with Crippen molar-refractivity contribution in [2.45, 2.75) is 25.7 Å². The fourth-order valence-electron chi connectivity index (χ4n) is 2.58. The molecular formula is C14H15F3N4. The van der Waals surface area contributed by atoms with Gasteiger partial charge >= 0.3 is 6.18 Å². The Balaban J connectivity index is 1.73. The molecule has 1 aliphatic heterocycles. The summed E-state index contributed by atoms with van der Waals surface area (Å²) in [5.41, 5.74) is 1.16. The lowest BCUT2D eigenvalue weighted by Gasteiger charge is -2.19. The van der Waals surface area contributed by atoms with Gasteiger partial charge in [0, 0.05) is 32.6 Å². The van der Waals surface area contributed by atoms with Crippen LogP contribution in [0, 0.1) is 0 Å². The topological polar surface area (TPSA) is 34.0 Å². The minimum Gasteiger partial charge on any atom is -0.306 e. The van der Waals surface area contributed by atoms with Crippen molar-refractivity contribution in [3.8, 4) is 0 Å². The van der Waals surface area contributed by atoms with Gasteiger partial charge in [0.25, 0.3) is 0 Å². The van der Waals surface area contributed by atoms with E-state index in [1.165, 1.54) is 4.57 Å². The van der Waals surface area contributed by atoms with Crippen molar-refractivity contribution in [2.24, 2.45) is 0 Å². The average molecular weight is 296 g/mol. The predicted octanol–water partition coefficient (Wildman–Crippen LogP) is 2.36. The Morgan fingerprint density at radius 1 is 1.00 bits per heavy atom. The summed E-state index contributed by atoms with van der Waals surface area (Å²) in [5, 5.41) is 6.98. The molecule has 1 aliphatic rings. The van der Waals surface area contributed by atoms with E-state index in [0.29, 0.717) is 25.3 Å². The predicted molar refractivity (Wildman–Crippen MR) is 70.4 cm³/mol. The summed E-state index contributed by atoms with van der Waals surface area (Å²) in [7, 11) is 0. The lowest BCUT2D eigenvalue weighted by Crippen LogP contribution is -2.27.